The minimum Gasteiger partial charge on any atom is -0.466 e. The zero-order chi connectivity index (χ0) is 19.9. The van der Waals surface area contributed by atoms with E-state index < -0.39 is 5.56 Å². The summed E-state index contributed by atoms with van der Waals surface area (Å²) in [5, 5.41) is 11.6. The second-order valence-electron chi connectivity index (χ2n) is 5.77. The van der Waals surface area contributed by atoms with Crippen LogP contribution in [0.25, 0.3) is 10.6 Å². The Bertz CT molecular complexity index is 1070. The molecule has 1 N–H and O–H groups in total. The molecule has 0 bridgehead atoms. The van der Waals surface area contributed by atoms with E-state index in [0.717, 1.165) is 16.0 Å². The smallest absolute Gasteiger partial charge is 0.310 e. The molecule has 3 aromatic rings. The molecule has 28 heavy (non-hydrogen) atoms. The minimum absolute atomic E-state index is 0.0169. The third kappa shape index (κ3) is 4.88. The lowest BCUT2D eigenvalue weighted by Crippen LogP contribution is -2.14. The van der Waals surface area contributed by atoms with Crippen molar-refractivity contribution in [2.45, 2.75) is 24.3 Å². The average molecular weight is 412 g/mol. The lowest BCUT2D eigenvalue weighted by atomic mass is 10.1. The van der Waals surface area contributed by atoms with Gasteiger partial charge in [0.15, 0.2) is 5.16 Å². The molecule has 8 heteroatoms. The number of H-pyrrole nitrogens is 1. The third-order valence-corrected chi connectivity index (χ3v) is 5.61. The van der Waals surface area contributed by atoms with Gasteiger partial charge in [0.25, 0.3) is 5.56 Å². The van der Waals surface area contributed by atoms with Crippen LogP contribution in [-0.2, 0) is 21.7 Å². The van der Waals surface area contributed by atoms with Crippen LogP contribution >= 0.6 is 23.1 Å². The van der Waals surface area contributed by atoms with E-state index in [1.807, 2.05) is 47.8 Å². The van der Waals surface area contributed by atoms with Gasteiger partial charge in [0.05, 0.1) is 17.9 Å². The molecule has 0 spiro atoms. The predicted octanol–water partition coefficient (Wildman–Crippen LogP) is 3.77. The van der Waals surface area contributed by atoms with Gasteiger partial charge in [-0.05, 0) is 29.5 Å². The molecule has 2 aromatic heterocycles. The maximum Gasteiger partial charge on any atom is 0.310 e. The summed E-state index contributed by atoms with van der Waals surface area (Å²) in [5.41, 5.74) is 1.84. The van der Waals surface area contributed by atoms with Crippen molar-refractivity contribution in [3.63, 3.8) is 0 Å². The summed E-state index contributed by atoms with van der Waals surface area (Å²) in [4.78, 5) is 31.8. The quantitative estimate of drug-likeness (QED) is 0.361. The summed E-state index contributed by atoms with van der Waals surface area (Å²) in [6, 6.07) is 13.3. The standard InChI is InChI=1S/C20H17N3O3S2/c1-2-26-17(24)10-13-5-3-6-14(9-13)12-28-20-22-18(16-7-4-8-27-16)15(11-21)19(25)23-20/h3-9H,2,10,12H2,1H3,(H,22,23,25). The second-order valence-corrected chi connectivity index (χ2v) is 7.69. The Morgan fingerprint density at radius 2 is 2.14 bits per heavy atom. The van der Waals surface area contributed by atoms with E-state index in [1.54, 1.807) is 6.92 Å². The molecule has 2 heterocycles. The minimum atomic E-state index is -0.445. The molecule has 0 aliphatic heterocycles. The number of thiophene rings is 1. The Labute approximate surface area is 170 Å². The van der Waals surface area contributed by atoms with Crippen molar-refractivity contribution in [1.82, 2.24) is 9.97 Å². The number of aromatic nitrogens is 2. The van der Waals surface area contributed by atoms with Gasteiger partial charge in [0, 0.05) is 5.75 Å². The molecular formula is C20H17N3O3S2. The number of esters is 1. The van der Waals surface area contributed by atoms with Gasteiger partial charge >= 0.3 is 5.97 Å². The predicted molar refractivity (Wildman–Crippen MR) is 109 cm³/mol. The molecule has 0 unspecified atom stereocenters. The number of carbonyl (C=O) groups is 1. The second kappa shape index (κ2) is 9.35. The van der Waals surface area contributed by atoms with E-state index in [2.05, 4.69) is 9.97 Å². The molecule has 1 aromatic carbocycles. The Morgan fingerprint density at radius 1 is 1.32 bits per heavy atom. The van der Waals surface area contributed by atoms with Gasteiger partial charge in [-0.15, -0.1) is 11.3 Å². The highest BCUT2D eigenvalue weighted by atomic mass is 32.2. The summed E-state index contributed by atoms with van der Waals surface area (Å²) >= 11 is 2.80. The van der Waals surface area contributed by atoms with Crippen molar-refractivity contribution >= 4 is 29.1 Å². The number of hydrogen-bond donors (Lipinski definition) is 1. The summed E-state index contributed by atoms with van der Waals surface area (Å²) in [7, 11) is 0. The number of nitrogens with one attached hydrogen (secondary N) is 1. The van der Waals surface area contributed by atoms with Gasteiger partial charge in [-0.2, -0.15) is 5.26 Å². The number of ether oxygens (including phenoxy) is 1. The molecule has 0 saturated carbocycles. The lowest BCUT2D eigenvalue weighted by Gasteiger charge is -2.07. The molecule has 0 fully saturated rings. The topological polar surface area (TPSA) is 95.8 Å². The van der Waals surface area contributed by atoms with Crippen molar-refractivity contribution < 1.29 is 9.53 Å². The Hall–Kier alpha value is -2.89. The summed E-state index contributed by atoms with van der Waals surface area (Å²) in [6.07, 6.45) is 0.223. The molecule has 0 saturated heterocycles. The van der Waals surface area contributed by atoms with E-state index in [1.165, 1.54) is 23.1 Å². The van der Waals surface area contributed by atoms with E-state index >= 15 is 0 Å². The number of rotatable bonds is 7. The number of nitriles is 1. The van der Waals surface area contributed by atoms with Crippen molar-refractivity contribution in [3.05, 3.63) is 68.8 Å². The lowest BCUT2D eigenvalue weighted by molar-refractivity contribution is -0.142. The number of carbonyl (C=O) groups excluding carboxylic acids is 1. The Balaban J connectivity index is 1.77. The van der Waals surface area contributed by atoms with Crippen LogP contribution in [0.1, 0.15) is 23.6 Å². The fourth-order valence-electron chi connectivity index (χ4n) is 2.58. The van der Waals surface area contributed by atoms with Gasteiger partial charge in [-0.3, -0.25) is 9.59 Å². The van der Waals surface area contributed by atoms with Gasteiger partial charge in [0.2, 0.25) is 0 Å². The van der Waals surface area contributed by atoms with Crippen LogP contribution in [0.2, 0.25) is 0 Å². The zero-order valence-electron chi connectivity index (χ0n) is 15.1. The van der Waals surface area contributed by atoms with Crippen LogP contribution in [-0.4, -0.2) is 22.5 Å². The van der Waals surface area contributed by atoms with Crippen LogP contribution < -0.4 is 5.56 Å². The highest BCUT2D eigenvalue weighted by Crippen LogP contribution is 2.27. The van der Waals surface area contributed by atoms with Crippen LogP contribution in [0.5, 0.6) is 0 Å². The first-order valence-corrected chi connectivity index (χ1v) is 10.4. The SMILES string of the molecule is CCOC(=O)Cc1cccc(CSc2nc(-c3cccs3)c(C#N)c(=O)[nH]2)c1. The molecule has 0 amide bonds. The van der Waals surface area contributed by atoms with Gasteiger partial charge in [-0.1, -0.05) is 42.1 Å². The zero-order valence-corrected chi connectivity index (χ0v) is 16.7. The molecule has 0 radical (unpaired) electrons. The van der Waals surface area contributed by atoms with Crippen molar-refractivity contribution in [3.8, 4) is 16.6 Å². The molecule has 6 nitrogen and oxygen atoms in total. The Morgan fingerprint density at radius 3 is 2.86 bits per heavy atom. The normalized spacial score (nSPS) is 10.4. The highest BCUT2D eigenvalue weighted by Gasteiger charge is 2.14. The molecular weight excluding hydrogens is 394 g/mol. The monoisotopic (exact) mass is 411 g/mol. The van der Waals surface area contributed by atoms with Gasteiger partial charge in [-0.25, -0.2) is 4.98 Å². The van der Waals surface area contributed by atoms with Crippen LogP contribution in [0, 0.1) is 11.3 Å². The highest BCUT2D eigenvalue weighted by molar-refractivity contribution is 7.98. The largest absolute Gasteiger partial charge is 0.466 e. The van der Waals surface area contributed by atoms with E-state index in [9.17, 15) is 14.9 Å². The van der Waals surface area contributed by atoms with Crippen molar-refractivity contribution in [2.75, 3.05) is 6.61 Å². The van der Waals surface area contributed by atoms with Crippen molar-refractivity contribution in [1.29, 1.82) is 5.26 Å². The van der Waals surface area contributed by atoms with Gasteiger partial charge in [0.1, 0.15) is 17.3 Å². The van der Waals surface area contributed by atoms with Crippen LogP contribution in [0.4, 0.5) is 0 Å². The number of nitrogens with zero attached hydrogens (tertiary/aromatic N) is 2. The maximum absolute atomic E-state index is 12.3. The first kappa shape index (κ1) is 19.9. The number of hydrogen-bond acceptors (Lipinski definition) is 7. The molecule has 0 atom stereocenters. The first-order chi connectivity index (χ1) is 13.6. The number of benzene rings is 1. The summed E-state index contributed by atoms with van der Waals surface area (Å²) < 4.78 is 4.98. The molecule has 3 rings (SSSR count). The molecule has 0 aliphatic rings. The summed E-state index contributed by atoms with van der Waals surface area (Å²) in [6.45, 7) is 2.14. The van der Waals surface area contributed by atoms with Crippen LogP contribution in [0.3, 0.4) is 0 Å². The van der Waals surface area contributed by atoms with Crippen LogP contribution in [0.15, 0.2) is 51.7 Å². The number of thioether (sulfide) groups is 1. The van der Waals surface area contributed by atoms with E-state index in [-0.39, 0.29) is 18.0 Å². The van der Waals surface area contributed by atoms with Gasteiger partial charge < -0.3 is 9.72 Å². The summed E-state index contributed by atoms with van der Waals surface area (Å²) in [5.74, 6) is 0.307. The fraction of sp³-hybridized carbons (Fsp3) is 0.200. The molecule has 0 aliphatic carbocycles. The number of aromatic amines is 1. The molecule has 142 valence electrons. The van der Waals surface area contributed by atoms with E-state index in [4.69, 9.17) is 4.74 Å². The maximum atomic E-state index is 12.3. The first-order valence-electron chi connectivity index (χ1n) is 8.55. The van der Waals surface area contributed by atoms with E-state index in [0.29, 0.717) is 23.2 Å². The third-order valence-electron chi connectivity index (χ3n) is 3.78. The Kier molecular flexibility index (Phi) is 6.63. The van der Waals surface area contributed by atoms with Crippen molar-refractivity contribution in [2.24, 2.45) is 0 Å². The fourth-order valence-corrected chi connectivity index (χ4v) is 4.10. The average Bonchev–Trinajstić information content (AvgIpc) is 3.21.